The SMILES string of the molecule is COc1ccccc1CNCc1cc(C)c(O)c(C)c1. The highest BCUT2D eigenvalue weighted by molar-refractivity contribution is 5.42. The summed E-state index contributed by atoms with van der Waals surface area (Å²) in [6, 6.07) is 12.0. The highest BCUT2D eigenvalue weighted by Crippen LogP contribution is 2.23. The number of para-hydroxylation sites is 1. The van der Waals surface area contributed by atoms with Crippen LogP contribution in [0, 0.1) is 13.8 Å². The van der Waals surface area contributed by atoms with Crippen molar-refractivity contribution in [1.82, 2.24) is 5.32 Å². The van der Waals surface area contributed by atoms with Gasteiger partial charge in [-0.25, -0.2) is 0 Å². The van der Waals surface area contributed by atoms with E-state index in [1.165, 1.54) is 5.56 Å². The van der Waals surface area contributed by atoms with Gasteiger partial charge in [-0.3, -0.25) is 0 Å². The third kappa shape index (κ3) is 3.31. The van der Waals surface area contributed by atoms with E-state index in [1.54, 1.807) is 7.11 Å². The van der Waals surface area contributed by atoms with E-state index in [1.807, 2.05) is 44.2 Å². The lowest BCUT2D eigenvalue weighted by Crippen LogP contribution is -2.13. The van der Waals surface area contributed by atoms with Crippen molar-refractivity contribution in [2.75, 3.05) is 7.11 Å². The fourth-order valence-corrected chi connectivity index (χ4v) is 2.34. The summed E-state index contributed by atoms with van der Waals surface area (Å²) in [5.74, 6) is 1.29. The van der Waals surface area contributed by atoms with Crippen LogP contribution in [0.4, 0.5) is 0 Å². The van der Waals surface area contributed by atoms with Crippen molar-refractivity contribution in [1.29, 1.82) is 0 Å². The Labute approximate surface area is 120 Å². The van der Waals surface area contributed by atoms with E-state index in [-0.39, 0.29) is 0 Å². The average molecular weight is 271 g/mol. The van der Waals surface area contributed by atoms with Crippen LogP contribution in [0.2, 0.25) is 0 Å². The Hall–Kier alpha value is -2.00. The van der Waals surface area contributed by atoms with Crippen LogP contribution in [0.25, 0.3) is 0 Å². The highest BCUT2D eigenvalue weighted by atomic mass is 16.5. The molecular weight excluding hydrogens is 250 g/mol. The predicted octanol–water partition coefficient (Wildman–Crippen LogP) is 3.31. The van der Waals surface area contributed by atoms with Crippen LogP contribution in [-0.2, 0) is 13.1 Å². The third-order valence-corrected chi connectivity index (χ3v) is 3.39. The van der Waals surface area contributed by atoms with Gasteiger partial charge in [0.2, 0.25) is 0 Å². The lowest BCUT2D eigenvalue weighted by Gasteiger charge is -2.11. The summed E-state index contributed by atoms with van der Waals surface area (Å²) in [5, 5.41) is 13.2. The molecule has 3 nitrogen and oxygen atoms in total. The fourth-order valence-electron chi connectivity index (χ4n) is 2.34. The first kappa shape index (κ1) is 14.4. The molecule has 2 aromatic rings. The number of benzene rings is 2. The lowest BCUT2D eigenvalue weighted by atomic mass is 10.1. The van der Waals surface area contributed by atoms with Crippen LogP contribution in [0.5, 0.6) is 11.5 Å². The van der Waals surface area contributed by atoms with Crippen molar-refractivity contribution in [2.45, 2.75) is 26.9 Å². The molecule has 0 spiro atoms. The minimum Gasteiger partial charge on any atom is -0.507 e. The molecule has 0 unspecified atom stereocenters. The molecule has 0 saturated carbocycles. The smallest absolute Gasteiger partial charge is 0.123 e. The minimum atomic E-state index is 0.387. The van der Waals surface area contributed by atoms with Crippen molar-refractivity contribution >= 4 is 0 Å². The van der Waals surface area contributed by atoms with Crippen LogP contribution in [0.15, 0.2) is 36.4 Å². The second kappa shape index (κ2) is 6.44. The van der Waals surface area contributed by atoms with Crippen molar-refractivity contribution < 1.29 is 9.84 Å². The summed E-state index contributed by atoms with van der Waals surface area (Å²) >= 11 is 0. The normalized spacial score (nSPS) is 10.6. The molecular formula is C17H21NO2. The zero-order chi connectivity index (χ0) is 14.5. The molecule has 0 aliphatic rings. The van der Waals surface area contributed by atoms with E-state index in [9.17, 15) is 5.11 Å². The van der Waals surface area contributed by atoms with Gasteiger partial charge in [-0.05, 0) is 36.6 Å². The van der Waals surface area contributed by atoms with Gasteiger partial charge in [0.05, 0.1) is 7.11 Å². The Balaban J connectivity index is 1.99. The van der Waals surface area contributed by atoms with Crippen LogP contribution >= 0.6 is 0 Å². The van der Waals surface area contributed by atoms with Gasteiger partial charge in [0.25, 0.3) is 0 Å². The van der Waals surface area contributed by atoms with Gasteiger partial charge >= 0.3 is 0 Å². The number of rotatable bonds is 5. The van der Waals surface area contributed by atoms with Gasteiger partial charge < -0.3 is 15.2 Å². The molecule has 0 aromatic heterocycles. The zero-order valence-corrected chi connectivity index (χ0v) is 12.2. The number of nitrogens with one attached hydrogen (secondary N) is 1. The van der Waals surface area contributed by atoms with Gasteiger partial charge in [-0.1, -0.05) is 30.3 Å². The second-order valence-corrected chi connectivity index (χ2v) is 4.99. The number of ether oxygens (including phenoxy) is 1. The predicted molar refractivity (Wildman–Crippen MR) is 81.1 cm³/mol. The maximum absolute atomic E-state index is 9.77. The number of phenolic OH excluding ortho intramolecular Hbond substituents is 1. The highest BCUT2D eigenvalue weighted by Gasteiger charge is 2.04. The maximum atomic E-state index is 9.77. The first-order chi connectivity index (χ1) is 9.61. The molecule has 0 amide bonds. The largest absolute Gasteiger partial charge is 0.507 e. The van der Waals surface area contributed by atoms with Crippen molar-refractivity contribution in [3.05, 3.63) is 58.7 Å². The van der Waals surface area contributed by atoms with E-state index in [2.05, 4.69) is 11.4 Å². The molecule has 0 heterocycles. The molecule has 20 heavy (non-hydrogen) atoms. The third-order valence-electron chi connectivity index (χ3n) is 3.39. The number of hydrogen-bond donors (Lipinski definition) is 2. The zero-order valence-electron chi connectivity index (χ0n) is 12.2. The summed E-state index contributed by atoms with van der Waals surface area (Å²) in [6.45, 7) is 5.36. The Bertz CT molecular complexity index is 570. The Kier molecular flexibility index (Phi) is 4.64. The summed E-state index contributed by atoms with van der Waals surface area (Å²) < 4.78 is 5.33. The maximum Gasteiger partial charge on any atom is 0.123 e. The van der Waals surface area contributed by atoms with Crippen LogP contribution < -0.4 is 10.1 Å². The topological polar surface area (TPSA) is 41.5 Å². The number of methoxy groups -OCH3 is 1. The molecule has 0 saturated heterocycles. The Morgan fingerprint density at radius 1 is 1.05 bits per heavy atom. The quantitative estimate of drug-likeness (QED) is 0.876. The summed E-state index contributed by atoms with van der Waals surface area (Å²) in [5.41, 5.74) is 4.15. The molecule has 106 valence electrons. The van der Waals surface area contributed by atoms with Gasteiger partial charge in [0.15, 0.2) is 0 Å². The molecule has 0 atom stereocenters. The van der Waals surface area contributed by atoms with Crippen LogP contribution in [0.1, 0.15) is 22.3 Å². The summed E-state index contributed by atoms with van der Waals surface area (Å²) in [6.07, 6.45) is 0. The van der Waals surface area contributed by atoms with Crippen molar-refractivity contribution in [2.24, 2.45) is 0 Å². The molecule has 0 aliphatic carbocycles. The number of aromatic hydroxyl groups is 1. The standard InChI is InChI=1S/C17H21NO2/c1-12-8-14(9-13(2)17(12)19)10-18-11-15-6-4-5-7-16(15)20-3/h4-9,18-19H,10-11H2,1-3H3. The van der Waals surface area contributed by atoms with E-state index in [0.717, 1.165) is 35.5 Å². The first-order valence-corrected chi connectivity index (χ1v) is 6.73. The number of aryl methyl sites for hydroxylation is 2. The lowest BCUT2D eigenvalue weighted by molar-refractivity contribution is 0.407. The molecule has 0 aliphatic heterocycles. The van der Waals surface area contributed by atoms with Crippen LogP contribution in [0.3, 0.4) is 0 Å². The number of hydrogen-bond acceptors (Lipinski definition) is 3. The fraction of sp³-hybridized carbons (Fsp3) is 0.294. The first-order valence-electron chi connectivity index (χ1n) is 6.73. The molecule has 0 radical (unpaired) electrons. The van der Waals surface area contributed by atoms with E-state index < -0.39 is 0 Å². The van der Waals surface area contributed by atoms with Gasteiger partial charge in [0.1, 0.15) is 11.5 Å². The Morgan fingerprint density at radius 3 is 2.35 bits per heavy atom. The van der Waals surface area contributed by atoms with E-state index in [4.69, 9.17) is 4.74 Å². The molecule has 2 aromatic carbocycles. The van der Waals surface area contributed by atoms with E-state index >= 15 is 0 Å². The average Bonchev–Trinajstić information content (AvgIpc) is 2.45. The summed E-state index contributed by atoms with van der Waals surface area (Å²) in [7, 11) is 1.69. The second-order valence-electron chi connectivity index (χ2n) is 4.99. The molecule has 2 rings (SSSR count). The number of phenols is 1. The van der Waals surface area contributed by atoms with Crippen molar-refractivity contribution in [3.63, 3.8) is 0 Å². The van der Waals surface area contributed by atoms with Gasteiger partial charge in [-0.2, -0.15) is 0 Å². The minimum absolute atomic E-state index is 0.387. The molecule has 3 heteroatoms. The molecule has 0 fully saturated rings. The monoisotopic (exact) mass is 271 g/mol. The Morgan fingerprint density at radius 2 is 1.70 bits per heavy atom. The summed E-state index contributed by atoms with van der Waals surface area (Å²) in [4.78, 5) is 0. The van der Waals surface area contributed by atoms with Crippen molar-refractivity contribution in [3.8, 4) is 11.5 Å². The van der Waals surface area contributed by atoms with Crippen LogP contribution in [-0.4, -0.2) is 12.2 Å². The van der Waals surface area contributed by atoms with E-state index in [0.29, 0.717) is 5.75 Å². The molecule has 0 bridgehead atoms. The van der Waals surface area contributed by atoms with Gasteiger partial charge in [-0.15, -0.1) is 0 Å². The molecule has 2 N–H and O–H groups in total. The van der Waals surface area contributed by atoms with Gasteiger partial charge in [0, 0.05) is 18.7 Å².